The van der Waals surface area contributed by atoms with Gasteiger partial charge in [0, 0.05) is 18.5 Å². The highest BCUT2D eigenvalue weighted by Gasteiger charge is 2.29. The summed E-state index contributed by atoms with van der Waals surface area (Å²) in [4.78, 5) is 29.3. The van der Waals surface area contributed by atoms with Gasteiger partial charge in [-0.3, -0.25) is 0 Å². The molecule has 0 fully saturated rings. The van der Waals surface area contributed by atoms with Gasteiger partial charge in [-0.2, -0.15) is 0 Å². The Labute approximate surface area is 222 Å². The highest BCUT2D eigenvalue weighted by atomic mass is 35.5. The first-order valence-electron chi connectivity index (χ1n) is 11.6. The van der Waals surface area contributed by atoms with Crippen molar-refractivity contribution in [3.05, 3.63) is 105 Å². The van der Waals surface area contributed by atoms with E-state index in [2.05, 4.69) is 22.4 Å². The molecular formula is C28H23ClN2O5S. The SMILES string of the molecule is O=C(NC(Cc1ccc(OCc2cnc(Cl)s2)cc1)C(=O)O)OCC1c2ccccc2-c2ccccc21. The Kier molecular flexibility index (Phi) is 7.39. The lowest BCUT2D eigenvalue weighted by Gasteiger charge is -2.17. The molecule has 9 heteroatoms. The minimum absolute atomic E-state index is 0.101. The highest BCUT2D eigenvalue weighted by molar-refractivity contribution is 7.15. The summed E-state index contributed by atoms with van der Waals surface area (Å²) in [6.45, 7) is 0.452. The highest BCUT2D eigenvalue weighted by Crippen LogP contribution is 2.44. The van der Waals surface area contributed by atoms with Crippen molar-refractivity contribution in [3.63, 3.8) is 0 Å². The number of aliphatic carboxylic acids is 1. The number of benzene rings is 3. The van der Waals surface area contributed by atoms with Gasteiger partial charge in [-0.1, -0.05) is 72.3 Å². The molecule has 7 nitrogen and oxygen atoms in total. The van der Waals surface area contributed by atoms with Gasteiger partial charge in [0.25, 0.3) is 0 Å². The van der Waals surface area contributed by atoms with Gasteiger partial charge in [-0.25, -0.2) is 14.6 Å². The van der Waals surface area contributed by atoms with Crippen LogP contribution in [0.2, 0.25) is 4.47 Å². The number of fused-ring (bicyclic) bond motifs is 3. The number of carbonyl (C=O) groups excluding carboxylic acids is 1. The molecule has 188 valence electrons. The number of alkyl carbamates (subject to hydrolysis) is 1. The van der Waals surface area contributed by atoms with Crippen LogP contribution in [0.3, 0.4) is 0 Å². The first-order chi connectivity index (χ1) is 18.0. The number of hydrogen-bond donors (Lipinski definition) is 2. The number of nitrogens with zero attached hydrogens (tertiary/aromatic N) is 1. The molecule has 1 aromatic heterocycles. The lowest BCUT2D eigenvalue weighted by molar-refractivity contribution is -0.139. The van der Waals surface area contributed by atoms with E-state index >= 15 is 0 Å². The molecule has 0 saturated heterocycles. The van der Waals surface area contributed by atoms with E-state index < -0.39 is 18.1 Å². The van der Waals surface area contributed by atoms with Crippen LogP contribution in [-0.2, 0) is 22.6 Å². The van der Waals surface area contributed by atoms with Crippen LogP contribution in [-0.4, -0.2) is 34.8 Å². The minimum atomic E-state index is -1.14. The zero-order valence-corrected chi connectivity index (χ0v) is 21.2. The zero-order chi connectivity index (χ0) is 25.8. The van der Waals surface area contributed by atoms with Crippen molar-refractivity contribution in [2.45, 2.75) is 25.0 Å². The number of halogens is 1. The van der Waals surface area contributed by atoms with Gasteiger partial charge in [-0.05, 0) is 39.9 Å². The lowest BCUT2D eigenvalue weighted by Crippen LogP contribution is -2.42. The van der Waals surface area contributed by atoms with Gasteiger partial charge in [-0.15, -0.1) is 11.3 Å². The van der Waals surface area contributed by atoms with E-state index in [0.29, 0.717) is 16.8 Å². The van der Waals surface area contributed by atoms with Crippen LogP contribution in [0.15, 0.2) is 79.0 Å². The molecule has 1 aliphatic carbocycles. The minimum Gasteiger partial charge on any atom is -0.488 e. The maximum absolute atomic E-state index is 12.6. The molecule has 1 atom stereocenters. The molecule has 0 saturated carbocycles. The van der Waals surface area contributed by atoms with Crippen LogP contribution in [0, 0.1) is 0 Å². The third-order valence-electron chi connectivity index (χ3n) is 6.20. The van der Waals surface area contributed by atoms with E-state index in [9.17, 15) is 14.7 Å². The summed E-state index contributed by atoms with van der Waals surface area (Å²) in [5, 5.41) is 12.2. The fraction of sp³-hybridized carbons (Fsp3) is 0.179. The number of ether oxygens (including phenoxy) is 2. The van der Waals surface area contributed by atoms with Crippen molar-refractivity contribution < 1.29 is 24.2 Å². The number of aromatic nitrogens is 1. The molecule has 0 spiro atoms. The average molecular weight is 535 g/mol. The summed E-state index contributed by atoms with van der Waals surface area (Å²) >= 11 is 7.18. The standard InChI is InChI=1S/C28H23ClN2O5S/c29-27-30-14-19(37-27)15-35-18-11-9-17(10-12-18)13-25(26(32)33)31-28(34)36-16-24-22-7-3-1-5-20(22)21-6-2-4-8-23(21)24/h1-12,14,24-25H,13,15-16H2,(H,31,34)(H,32,33). The van der Waals surface area contributed by atoms with Gasteiger partial charge in [0.15, 0.2) is 4.47 Å². The normalized spacial score (nSPS) is 12.9. The quantitative estimate of drug-likeness (QED) is 0.277. The van der Waals surface area contributed by atoms with Crippen molar-refractivity contribution >= 4 is 35.0 Å². The van der Waals surface area contributed by atoms with Gasteiger partial charge >= 0.3 is 12.1 Å². The molecule has 1 unspecified atom stereocenters. The number of nitrogens with one attached hydrogen (secondary N) is 1. The number of carboxylic acids is 1. The Morgan fingerprint density at radius 2 is 1.65 bits per heavy atom. The molecule has 1 aliphatic rings. The molecule has 0 bridgehead atoms. The number of hydrogen-bond acceptors (Lipinski definition) is 6. The molecule has 3 aromatic carbocycles. The van der Waals surface area contributed by atoms with Crippen LogP contribution in [0.5, 0.6) is 5.75 Å². The van der Waals surface area contributed by atoms with Gasteiger partial charge < -0.3 is 19.9 Å². The second-order valence-corrected chi connectivity index (χ2v) is 10.3. The number of carboxylic acid groups (broad SMARTS) is 1. The van der Waals surface area contributed by atoms with Crippen molar-refractivity contribution in [2.24, 2.45) is 0 Å². The van der Waals surface area contributed by atoms with E-state index in [4.69, 9.17) is 21.1 Å². The third-order valence-corrected chi connectivity index (χ3v) is 7.29. The number of carbonyl (C=O) groups is 2. The van der Waals surface area contributed by atoms with Gasteiger partial charge in [0.05, 0.1) is 4.88 Å². The van der Waals surface area contributed by atoms with E-state index in [0.717, 1.165) is 32.7 Å². The number of thiazole rings is 1. The first-order valence-corrected chi connectivity index (χ1v) is 12.8. The van der Waals surface area contributed by atoms with Crippen molar-refractivity contribution in [1.82, 2.24) is 10.3 Å². The molecular weight excluding hydrogens is 512 g/mol. The number of amides is 1. The smallest absolute Gasteiger partial charge is 0.407 e. The van der Waals surface area contributed by atoms with Crippen LogP contribution in [0.1, 0.15) is 27.5 Å². The maximum Gasteiger partial charge on any atom is 0.407 e. The fourth-order valence-corrected chi connectivity index (χ4v) is 5.34. The predicted octanol–water partition coefficient (Wildman–Crippen LogP) is 5.91. The van der Waals surface area contributed by atoms with Crippen molar-refractivity contribution in [3.8, 4) is 16.9 Å². The Hall–Kier alpha value is -3.88. The largest absolute Gasteiger partial charge is 0.488 e. The van der Waals surface area contributed by atoms with E-state index in [1.165, 1.54) is 11.3 Å². The van der Waals surface area contributed by atoms with E-state index in [1.807, 2.05) is 36.4 Å². The van der Waals surface area contributed by atoms with Crippen molar-refractivity contribution in [2.75, 3.05) is 6.61 Å². The second-order valence-electron chi connectivity index (χ2n) is 8.58. The molecule has 1 heterocycles. The summed E-state index contributed by atoms with van der Waals surface area (Å²) in [6, 6.07) is 22.0. The zero-order valence-electron chi connectivity index (χ0n) is 19.6. The topological polar surface area (TPSA) is 97.8 Å². The second kappa shape index (κ2) is 11.0. The Bertz CT molecular complexity index is 1380. The summed E-state index contributed by atoms with van der Waals surface area (Å²) in [5.74, 6) is -0.615. The maximum atomic E-state index is 12.6. The van der Waals surface area contributed by atoms with Crippen LogP contribution >= 0.6 is 22.9 Å². The van der Waals surface area contributed by atoms with E-state index in [1.54, 1.807) is 30.5 Å². The fourth-order valence-electron chi connectivity index (χ4n) is 4.44. The molecule has 0 radical (unpaired) electrons. The molecule has 1 amide bonds. The Morgan fingerprint density at radius 3 is 2.24 bits per heavy atom. The summed E-state index contributed by atoms with van der Waals surface area (Å²) in [5.41, 5.74) is 5.16. The monoisotopic (exact) mass is 534 g/mol. The van der Waals surface area contributed by atoms with Gasteiger partial charge in [0.1, 0.15) is 25.0 Å². The first kappa shape index (κ1) is 24.8. The summed E-state index contributed by atoms with van der Waals surface area (Å²) < 4.78 is 11.7. The number of rotatable bonds is 9. The lowest BCUT2D eigenvalue weighted by atomic mass is 9.98. The van der Waals surface area contributed by atoms with Crippen molar-refractivity contribution in [1.29, 1.82) is 0 Å². The van der Waals surface area contributed by atoms with Crippen LogP contribution < -0.4 is 10.1 Å². The molecule has 4 aromatic rings. The molecule has 0 aliphatic heterocycles. The molecule has 5 rings (SSSR count). The summed E-state index contributed by atoms with van der Waals surface area (Å²) in [6.07, 6.45) is 0.996. The molecule has 2 N–H and O–H groups in total. The predicted molar refractivity (Wildman–Crippen MR) is 141 cm³/mol. The Balaban J connectivity index is 1.17. The summed E-state index contributed by atoms with van der Waals surface area (Å²) in [7, 11) is 0. The van der Waals surface area contributed by atoms with E-state index in [-0.39, 0.29) is 18.9 Å². The average Bonchev–Trinajstić information content (AvgIpc) is 3.47. The van der Waals surface area contributed by atoms with Crippen LogP contribution in [0.4, 0.5) is 4.79 Å². The molecule has 37 heavy (non-hydrogen) atoms. The van der Waals surface area contributed by atoms with Crippen LogP contribution in [0.25, 0.3) is 11.1 Å². The Morgan fingerprint density at radius 1 is 1.00 bits per heavy atom. The third kappa shape index (κ3) is 5.76. The van der Waals surface area contributed by atoms with Gasteiger partial charge in [0.2, 0.25) is 0 Å².